The second-order valence-electron chi connectivity index (χ2n) is 10.5. The first-order valence-corrected chi connectivity index (χ1v) is 13.9. The number of azo groups is 1. The van der Waals surface area contributed by atoms with Gasteiger partial charge in [0, 0.05) is 12.4 Å². The second-order valence-corrected chi connectivity index (χ2v) is 10.5. The maximum Gasteiger partial charge on any atom is 0.434 e. The predicted octanol–water partition coefficient (Wildman–Crippen LogP) is 8.81. The molecule has 1 aliphatic heterocycles. The van der Waals surface area contributed by atoms with Crippen LogP contribution in [0.1, 0.15) is 34.3 Å². The first-order valence-electron chi connectivity index (χ1n) is 13.9. The minimum atomic E-state index is -4.60. The van der Waals surface area contributed by atoms with E-state index in [-0.39, 0.29) is 0 Å². The number of hydrogen-bond acceptors (Lipinski definition) is 5. The van der Waals surface area contributed by atoms with Gasteiger partial charge in [-0.1, -0.05) is 66.7 Å². The lowest BCUT2D eigenvalue weighted by atomic mass is 9.71. The van der Waals surface area contributed by atoms with Crippen LogP contribution in [0.4, 0.5) is 18.9 Å². The van der Waals surface area contributed by atoms with Crippen molar-refractivity contribution < 1.29 is 13.2 Å². The van der Waals surface area contributed by atoms with Gasteiger partial charge in [0.25, 0.3) is 0 Å². The molecule has 0 saturated carbocycles. The van der Waals surface area contributed by atoms with E-state index >= 15 is 0 Å². The molecule has 6 nitrogen and oxygen atoms in total. The zero-order valence-corrected chi connectivity index (χ0v) is 23.4. The van der Waals surface area contributed by atoms with Crippen molar-refractivity contribution in [3.8, 4) is 11.3 Å². The van der Waals surface area contributed by atoms with Crippen molar-refractivity contribution in [1.82, 2.24) is 15.0 Å². The van der Waals surface area contributed by atoms with Gasteiger partial charge in [0.1, 0.15) is 6.04 Å². The van der Waals surface area contributed by atoms with Gasteiger partial charge in [-0.15, -0.1) is 0 Å². The molecule has 0 fully saturated rings. The molecule has 3 aromatic heterocycles. The van der Waals surface area contributed by atoms with Crippen LogP contribution in [0.2, 0.25) is 0 Å². The summed E-state index contributed by atoms with van der Waals surface area (Å²) in [7, 11) is 0. The van der Waals surface area contributed by atoms with Crippen molar-refractivity contribution in [1.29, 1.82) is 0 Å². The third-order valence-electron chi connectivity index (χ3n) is 7.55. The van der Waals surface area contributed by atoms with Crippen molar-refractivity contribution >= 4 is 5.69 Å². The zero-order chi connectivity index (χ0) is 30.6. The van der Waals surface area contributed by atoms with Gasteiger partial charge in [0.05, 0.1) is 34.8 Å². The van der Waals surface area contributed by atoms with E-state index in [0.717, 1.165) is 28.5 Å². The van der Waals surface area contributed by atoms with Crippen molar-refractivity contribution in [2.24, 2.45) is 10.2 Å². The summed E-state index contributed by atoms with van der Waals surface area (Å²) in [6, 6.07) is 31.3. The van der Waals surface area contributed by atoms with E-state index in [0.29, 0.717) is 35.6 Å². The lowest BCUT2D eigenvalue weighted by molar-refractivity contribution is -0.0925. The standard InChI is InChI=1S/C35H25F3N6/c1-39-27-13-5-12-26(19-27)28-14-6-16-31(41-28)34(21-24-9-3-2-4-10-24,22-25-11-8-18-40-23-25)32-17-7-15-29(42-32)30-20-33(44-43-30)35(36,37)38/h2-20,23,30H,21-22H2. The van der Waals surface area contributed by atoms with E-state index in [1.807, 2.05) is 78.9 Å². The van der Waals surface area contributed by atoms with E-state index < -0.39 is 23.3 Å². The van der Waals surface area contributed by atoms with Crippen molar-refractivity contribution in [3.63, 3.8) is 0 Å². The highest BCUT2D eigenvalue weighted by molar-refractivity contribution is 5.65. The third kappa shape index (κ3) is 6.01. The molecular formula is C35H25F3N6. The Hall–Kier alpha value is -5.49. The summed E-state index contributed by atoms with van der Waals surface area (Å²) in [4.78, 5) is 18.1. The Balaban J connectivity index is 1.55. The van der Waals surface area contributed by atoms with E-state index in [1.54, 1.807) is 36.7 Å². The molecule has 44 heavy (non-hydrogen) atoms. The zero-order valence-electron chi connectivity index (χ0n) is 23.4. The topological polar surface area (TPSA) is 67.8 Å². The lowest BCUT2D eigenvalue weighted by Crippen LogP contribution is -2.36. The molecule has 2 atom stereocenters. The van der Waals surface area contributed by atoms with Gasteiger partial charge in [-0.3, -0.25) is 15.0 Å². The Labute approximate surface area is 252 Å². The largest absolute Gasteiger partial charge is 0.434 e. The van der Waals surface area contributed by atoms with Gasteiger partial charge < -0.3 is 0 Å². The minimum Gasteiger partial charge on any atom is -0.264 e. The Morgan fingerprint density at radius 3 is 2.20 bits per heavy atom. The third-order valence-corrected chi connectivity index (χ3v) is 7.55. The molecule has 4 heterocycles. The van der Waals surface area contributed by atoms with Crippen LogP contribution in [-0.2, 0) is 18.3 Å². The molecule has 0 radical (unpaired) electrons. The SMILES string of the molecule is [C-]#[N+]c1cccc(-c2cccc(C(Cc3ccccc3)(Cc3cccnc3)c3cccc(C4C=C(C(F)(F)F)N=N4)n3)n2)c1. The second kappa shape index (κ2) is 12.0. The summed E-state index contributed by atoms with van der Waals surface area (Å²) < 4.78 is 40.1. The Kier molecular flexibility index (Phi) is 7.82. The molecular weight excluding hydrogens is 561 g/mol. The summed E-state index contributed by atoms with van der Waals surface area (Å²) in [5.74, 6) is 0. The highest BCUT2D eigenvalue weighted by Crippen LogP contribution is 2.40. The molecule has 1 aliphatic rings. The van der Waals surface area contributed by atoms with Crippen molar-refractivity contribution in [2.45, 2.75) is 30.5 Å². The van der Waals surface area contributed by atoms with Crippen molar-refractivity contribution in [3.05, 3.63) is 167 Å². The number of rotatable bonds is 8. The fourth-order valence-corrected chi connectivity index (χ4v) is 5.47. The number of nitrogens with zero attached hydrogens (tertiary/aromatic N) is 6. The summed E-state index contributed by atoms with van der Waals surface area (Å²) >= 11 is 0. The Morgan fingerprint density at radius 2 is 1.48 bits per heavy atom. The molecule has 6 rings (SSSR count). The maximum absolute atomic E-state index is 13.4. The van der Waals surface area contributed by atoms with E-state index in [1.165, 1.54) is 0 Å². The number of allylic oxidation sites excluding steroid dienone is 1. The molecule has 0 aliphatic carbocycles. The monoisotopic (exact) mass is 586 g/mol. The van der Waals surface area contributed by atoms with E-state index in [2.05, 4.69) is 20.1 Å². The fourth-order valence-electron chi connectivity index (χ4n) is 5.47. The average Bonchev–Trinajstić information content (AvgIpc) is 3.57. The van der Waals surface area contributed by atoms with Gasteiger partial charge >= 0.3 is 6.18 Å². The van der Waals surface area contributed by atoms with Gasteiger partial charge in [0.15, 0.2) is 11.4 Å². The Morgan fingerprint density at radius 1 is 0.750 bits per heavy atom. The number of aromatic nitrogens is 3. The fraction of sp³-hybridized carbons (Fsp3) is 0.143. The first kappa shape index (κ1) is 28.6. The molecule has 0 amide bonds. The van der Waals surface area contributed by atoms with Crippen LogP contribution < -0.4 is 0 Å². The quantitative estimate of drug-likeness (QED) is 0.171. The lowest BCUT2D eigenvalue weighted by Gasteiger charge is -2.34. The van der Waals surface area contributed by atoms with Crippen LogP contribution in [0.5, 0.6) is 0 Å². The predicted molar refractivity (Wildman–Crippen MR) is 161 cm³/mol. The number of pyridine rings is 3. The minimum absolute atomic E-state index is 0.357. The number of hydrogen-bond donors (Lipinski definition) is 0. The maximum atomic E-state index is 13.4. The highest BCUT2D eigenvalue weighted by atomic mass is 19.4. The molecule has 0 N–H and O–H groups in total. The van der Waals surface area contributed by atoms with Crippen LogP contribution in [-0.4, -0.2) is 21.1 Å². The highest BCUT2D eigenvalue weighted by Gasteiger charge is 2.40. The Bertz CT molecular complexity index is 1840. The summed E-state index contributed by atoms with van der Waals surface area (Å²) in [5, 5.41) is 7.28. The van der Waals surface area contributed by atoms with Gasteiger partial charge in [-0.05, 0) is 72.0 Å². The van der Waals surface area contributed by atoms with Crippen LogP contribution >= 0.6 is 0 Å². The molecule has 0 saturated heterocycles. The smallest absolute Gasteiger partial charge is 0.264 e. The number of halogens is 3. The van der Waals surface area contributed by atoms with Gasteiger partial charge in [-0.2, -0.15) is 23.4 Å². The molecule has 5 aromatic rings. The average molecular weight is 587 g/mol. The van der Waals surface area contributed by atoms with Crippen molar-refractivity contribution in [2.75, 3.05) is 0 Å². The number of alkyl halides is 3. The van der Waals surface area contributed by atoms with E-state index in [9.17, 15) is 13.2 Å². The van der Waals surface area contributed by atoms with Crippen LogP contribution in [0, 0.1) is 6.57 Å². The molecule has 216 valence electrons. The summed E-state index contributed by atoms with van der Waals surface area (Å²) in [5.41, 5.74) is 3.79. The van der Waals surface area contributed by atoms with Gasteiger partial charge in [0.2, 0.25) is 0 Å². The first-order chi connectivity index (χ1) is 21.3. The van der Waals surface area contributed by atoms with Crippen LogP contribution in [0.3, 0.4) is 0 Å². The molecule has 0 bridgehead atoms. The van der Waals surface area contributed by atoms with E-state index in [4.69, 9.17) is 16.5 Å². The number of benzene rings is 2. The summed E-state index contributed by atoms with van der Waals surface area (Å²) in [6.45, 7) is 7.45. The van der Waals surface area contributed by atoms with Crippen LogP contribution in [0.15, 0.2) is 138 Å². The van der Waals surface area contributed by atoms with Crippen LogP contribution in [0.25, 0.3) is 16.1 Å². The molecule has 0 spiro atoms. The van der Waals surface area contributed by atoms with Gasteiger partial charge in [-0.25, -0.2) is 4.85 Å². The molecule has 2 unspecified atom stereocenters. The molecule has 2 aromatic carbocycles. The normalized spacial score (nSPS) is 15.8. The summed E-state index contributed by atoms with van der Waals surface area (Å²) in [6.07, 6.45) is 0.863. The molecule has 9 heteroatoms.